The Labute approximate surface area is 113 Å². The number of carbonyl (C=O) groups excluding carboxylic acids is 1. The molecular weight excluding hydrogens is 244 g/mol. The van der Waals surface area contributed by atoms with E-state index in [4.69, 9.17) is 9.47 Å². The molecule has 19 heavy (non-hydrogen) atoms. The van der Waals surface area contributed by atoms with Crippen molar-refractivity contribution in [3.8, 4) is 11.5 Å². The van der Waals surface area contributed by atoms with Crippen LogP contribution < -0.4 is 14.8 Å². The first-order valence-corrected chi connectivity index (χ1v) is 6.57. The van der Waals surface area contributed by atoms with Gasteiger partial charge in [0.15, 0.2) is 11.5 Å². The van der Waals surface area contributed by atoms with E-state index in [0.29, 0.717) is 23.7 Å². The number of ether oxygens (including phenoxy) is 2. The van der Waals surface area contributed by atoms with E-state index in [1.165, 1.54) is 0 Å². The Bertz CT molecular complexity index is 442. The van der Waals surface area contributed by atoms with Crippen molar-refractivity contribution in [1.29, 1.82) is 0 Å². The number of benzene rings is 1. The van der Waals surface area contributed by atoms with Crippen molar-refractivity contribution >= 4 is 5.91 Å². The second kappa shape index (κ2) is 6.43. The monoisotopic (exact) mass is 264 g/mol. The first-order valence-electron chi connectivity index (χ1n) is 6.57. The van der Waals surface area contributed by atoms with E-state index in [0.717, 1.165) is 26.2 Å². The molecule has 5 heteroatoms. The topological polar surface area (TPSA) is 50.8 Å². The zero-order valence-corrected chi connectivity index (χ0v) is 11.4. The molecule has 0 unspecified atom stereocenters. The Hall–Kier alpha value is -1.75. The average molecular weight is 264 g/mol. The zero-order valence-electron chi connectivity index (χ0n) is 11.4. The van der Waals surface area contributed by atoms with Crippen molar-refractivity contribution in [2.24, 2.45) is 0 Å². The van der Waals surface area contributed by atoms with Crippen molar-refractivity contribution in [2.45, 2.75) is 6.92 Å². The molecule has 0 spiro atoms. The highest BCUT2D eigenvalue weighted by atomic mass is 16.5. The molecule has 2 rings (SSSR count). The van der Waals surface area contributed by atoms with Crippen LogP contribution in [0.1, 0.15) is 17.3 Å². The fourth-order valence-electron chi connectivity index (χ4n) is 2.13. The number of nitrogens with zero attached hydrogens (tertiary/aromatic N) is 1. The summed E-state index contributed by atoms with van der Waals surface area (Å²) >= 11 is 0. The maximum absolute atomic E-state index is 12.4. The second-order valence-corrected chi connectivity index (χ2v) is 4.34. The lowest BCUT2D eigenvalue weighted by molar-refractivity contribution is 0.0735. The highest BCUT2D eigenvalue weighted by molar-refractivity contribution is 5.95. The molecule has 0 radical (unpaired) electrons. The molecule has 0 aromatic heterocycles. The van der Waals surface area contributed by atoms with Crippen LogP contribution in [0.15, 0.2) is 18.2 Å². The molecule has 1 aliphatic heterocycles. The minimum atomic E-state index is 0.0464. The molecule has 0 saturated carbocycles. The number of hydrogen-bond acceptors (Lipinski definition) is 4. The summed E-state index contributed by atoms with van der Waals surface area (Å²) in [5.41, 5.74) is 0.645. The number of amides is 1. The van der Waals surface area contributed by atoms with Gasteiger partial charge in [-0.25, -0.2) is 0 Å². The highest BCUT2D eigenvalue weighted by Crippen LogP contribution is 2.28. The van der Waals surface area contributed by atoms with Crippen molar-refractivity contribution in [1.82, 2.24) is 10.2 Å². The molecule has 1 aromatic rings. The summed E-state index contributed by atoms with van der Waals surface area (Å²) in [5, 5.41) is 3.23. The van der Waals surface area contributed by atoms with Crippen LogP contribution in [-0.2, 0) is 0 Å². The lowest BCUT2D eigenvalue weighted by atomic mass is 10.1. The SMILES string of the molecule is CCOc1cc(C(=O)N2CCNCC2)ccc1OC. The van der Waals surface area contributed by atoms with Gasteiger partial charge in [-0.3, -0.25) is 4.79 Å². The third kappa shape index (κ3) is 3.17. The average Bonchev–Trinajstić information content (AvgIpc) is 2.47. The smallest absolute Gasteiger partial charge is 0.254 e. The summed E-state index contributed by atoms with van der Waals surface area (Å²) in [6.45, 7) is 5.63. The number of nitrogens with one attached hydrogen (secondary N) is 1. The van der Waals surface area contributed by atoms with Gasteiger partial charge >= 0.3 is 0 Å². The van der Waals surface area contributed by atoms with Crippen molar-refractivity contribution in [3.63, 3.8) is 0 Å². The zero-order chi connectivity index (χ0) is 13.7. The maximum Gasteiger partial charge on any atom is 0.254 e. The van der Waals surface area contributed by atoms with Gasteiger partial charge in [0, 0.05) is 31.7 Å². The molecule has 0 atom stereocenters. The minimum absolute atomic E-state index is 0.0464. The predicted octanol–water partition coefficient (Wildman–Crippen LogP) is 1.14. The summed E-state index contributed by atoms with van der Waals surface area (Å²) in [5.74, 6) is 1.31. The van der Waals surface area contributed by atoms with Crippen LogP contribution in [0.5, 0.6) is 11.5 Å². The van der Waals surface area contributed by atoms with Crippen LogP contribution in [0.4, 0.5) is 0 Å². The Morgan fingerprint density at radius 2 is 2.05 bits per heavy atom. The molecule has 1 saturated heterocycles. The lowest BCUT2D eigenvalue weighted by Gasteiger charge is -2.27. The van der Waals surface area contributed by atoms with Gasteiger partial charge in [0.1, 0.15) is 0 Å². The summed E-state index contributed by atoms with van der Waals surface area (Å²) < 4.78 is 10.7. The van der Waals surface area contributed by atoms with E-state index in [2.05, 4.69) is 5.32 Å². The Morgan fingerprint density at radius 1 is 1.32 bits per heavy atom. The predicted molar refractivity (Wildman–Crippen MR) is 72.9 cm³/mol. The largest absolute Gasteiger partial charge is 0.493 e. The minimum Gasteiger partial charge on any atom is -0.493 e. The molecule has 5 nitrogen and oxygen atoms in total. The van der Waals surface area contributed by atoms with Gasteiger partial charge in [0.05, 0.1) is 13.7 Å². The van der Waals surface area contributed by atoms with Crippen LogP contribution in [0.3, 0.4) is 0 Å². The third-order valence-electron chi connectivity index (χ3n) is 3.11. The number of methoxy groups -OCH3 is 1. The van der Waals surface area contributed by atoms with Crippen LogP contribution in [0, 0.1) is 0 Å². The number of rotatable bonds is 4. The standard InChI is InChI=1S/C14H20N2O3/c1-3-19-13-10-11(4-5-12(13)18-2)14(17)16-8-6-15-7-9-16/h4-5,10,15H,3,6-9H2,1-2H3. The van der Waals surface area contributed by atoms with Gasteiger partial charge < -0.3 is 19.7 Å². The Kier molecular flexibility index (Phi) is 4.63. The third-order valence-corrected chi connectivity index (χ3v) is 3.11. The molecule has 1 aromatic carbocycles. The number of carbonyl (C=O) groups is 1. The fraction of sp³-hybridized carbons (Fsp3) is 0.500. The molecule has 1 amide bonds. The van der Waals surface area contributed by atoms with Gasteiger partial charge in [-0.1, -0.05) is 0 Å². The van der Waals surface area contributed by atoms with E-state index in [-0.39, 0.29) is 5.91 Å². The Balaban J connectivity index is 2.19. The maximum atomic E-state index is 12.4. The molecule has 1 aliphatic rings. The van der Waals surface area contributed by atoms with Gasteiger partial charge in [0.25, 0.3) is 5.91 Å². The van der Waals surface area contributed by atoms with Gasteiger partial charge in [-0.05, 0) is 25.1 Å². The van der Waals surface area contributed by atoms with Crippen LogP contribution >= 0.6 is 0 Å². The number of piperazine rings is 1. The van der Waals surface area contributed by atoms with E-state index >= 15 is 0 Å². The normalized spacial score (nSPS) is 15.2. The number of hydrogen-bond donors (Lipinski definition) is 1. The summed E-state index contributed by atoms with van der Waals surface area (Å²) in [6, 6.07) is 5.32. The van der Waals surface area contributed by atoms with E-state index in [1.807, 2.05) is 11.8 Å². The molecule has 1 fully saturated rings. The molecule has 104 valence electrons. The van der Waals surface area contributed by atoms with E-state index in [1.54, 1.807) is 25.3 Å². The first kappa shape index (κ1) is 13.7. The van der Waals surface area contributed by atoms with Crippen molar-refractivity contribution in [3.05, 3.63) is 23.8 Å². The quantitative estimate of drug-likeness (QED) is 0.886. The fourth-order valence-corrected chi connectivity index (χ4v) is 2.13. The summed E-state index contributed by atoms with van der Waals surface area (Å²) in [7, 11) is 1.59. The van der Waals surface area contributed by atoms with Gasteiger partial charge in [-0.2, -0.15) is 0 Å². The summed E-state index contributed by atoms with van der Waals surface area (Å²) in [4.78, 5) is 14.2. The van der Waals surface area contributed by atoms with Crippen LogP contribution in [0.2, 0.25) is 0 Å². The summed E-state index contributed by atoms with van der Waals surface area (Å²) in [6.07, 6.45) is 0. The van der Waals surface area contributed by atoms with Crippen molar-refractivity contribution < 1.29 is 14.3 Å². The second-order valence-electron chi connectivity index (χ2n) is 4.34. The Morgan fingerprint density at radius 3 is 2.68 bits per heavy atom. The van der Waals surface area contributed by atoms with Gasteiger partial charge in [0.2, 0.25) is 0 Å². The first-order chi connectivity index (χ1) is 9.26. The molecule has 0 bridgehead atoms. The molecular formula is C14H20N2O3. The molecule has 1 heterocycles. The van der Waals surface area contributed by atoms with Crippen molar-refractivity contribution in [2.75, 3.05) is 39.9 Å². The van der Waals surface area contributed by atoms with E-state index in [9.17, 15) is 4.79 Å². The lowest BCUT2D eigenvalue weighted by Crippen LogP contribution is -2.46. The molecule has 1 N–H and O–H groups in total. The van der Waals surface area contributed by atoms with Crippen LogP contribution in [0.25, 0.3) is 0 Å². The van der Waals surface area contributed by atoms with E-state index < -0.39 is 0 Å². The van der Waals surface area contributed by atoms with Gasteiger partial charge in [-0.15, -0.1) is 0 Å². The van der Waals surface area contributed by atoms with Crippen LogP contribution in [-0.4, -0.2) is 50.7 Å². The highest BCUT2D eigenvalue weighted by Gasteiger charge is 2.19. The molecule has 0 aliphatic carbocycles.